The van der Waals surface area contributed by atoms with Crippen LogP contribution in [0.4, 0.5) is 0 Å². The van der Waals surface area contributed by atoms with Crippen LogP contribution in [0.5, 0.6) is 11.5 Å². The molecule has 1 aromatic carbocycles. The Balaban J connectivity index is 3.18. The van der Waals surface area contributed by atoms with Gasteiger partial charge >= 0.3 is 0 Å². The number of hydrogen-bond donors (Lipinski definition) is 0. The quantitative estimate of drug-likeness (QED) is 0.576. The van der Waals surface area contributed by atoms with Gasteiger partial charge in [-0.25, -0.2) is 0 Å². The Kier molecular flexibility index (Phi) is 4.57. The highest BCUT2D eigenvalue weighted by molar-refractivity contribution is 6.06. The fourth-order valence-electron chi connectivity index (χ4n) is 1.47. The molecule has 0 heterocycles. The van der Waals surface area contributed by atoms with E-state index in [2.05, 4.69) is 0 Å². The van der Waals surface area contributed by atoms with Gasteiger partial charge in [0.25, 0.3) is 0 Å². The summed E-state index contributed by atoms with van der Waals surface area (Å²) in [5.41, 5.74) is 1.39. The van der Waals surface area contributed by atoms with Crippen LogP contribution in [0.2, 0.25) is 0 Å². The average Bonchev–Trinajstić information content (AvgIpc) is 2.34. The number of carbonyl (C=O) groups excluding carboxylic acids is 1. The van der Waals surface area contributed by atoms with Crippen molar-refractivity contribution in [2.45, 2.75) is 0 Å². The lowest BCUT2D eigenvalue weighted by atomic mass is 10.1. The average molecular weight is 235 g/mol. The van der Waals surface area contributed by atoms with Crippen molar-refractivity contribution in [3.8, 4) is 11.5 Å². The molecule has 1 aromatic rings. The molecule has 0 radical (unpaired) electrons. The van der Waals surface area contributed by atoms with Crippen LogP contribution in [0.25, 0.3) is 5.57 Å². The number of benzene rings is 1. The number of ether oxygens (including phenoxy) is 2. The Hall–Kier alpha value is -1.97. The zero-order chi connectivity index (χ0) is 12.8. The maximum absolute atomic E-state index is 11.0. The van der Waals surface area contributed by atoms with Gasteiger partial charge in [-0.2, -0.15) is 0 Å². The third-order valence-corrected chi connectivity index (χ3v) is 2.24. The minimum absolute atomic E-state index is 0.593. The van der Waals surface area contributed by atoms with Gasteiger partial charge in [-0.3, -0.25) is 4.79 Å². The predicted molar refractivity (Wildman–Crippen MR) is 67.3 cm³/mol. The molecule has 0 fully saturated rings. The van der Waals surface area contributed by atoms with Crippen molar-refractivity contribution >= 4 is 11.9 Å². The summed E-state index contributed by atoms with van der Waals surface area (Å²) in [7, 11) is 6.88. The zero-order valence-electron chi connectivity index (χ0n) is 10.6. The molecule has 0 aliphatic carbocycles. The number of nitrogens with zero attached hydrogens (tertiary/aromatic N) is 1. The molecule has 0 aromatic heterocycles. The second-order valence-electron chi connectivity index (χ2n) is 3.74. The van der Waals surface area contributed by atoms with E-state index in [0.29, 0.717) is 17.1 Å². The second kappa shape index (κ2) is 5.94. The number of aldehydes is 1. The highest BCUT2D eigenvalue weighted by Gasteiger charge is 2.07. The first-order chi connectivity index (χ1) is 8.12. The summed E-state index contributed by atoms with van der Waals surface area (Å²) < 4.78 is 10.3. The van der Waals surface area contributed by atoms with Gasteiger partial charge in [0.15, 0.2) is 17.8 Å². The summed E-state index contributed by atoms with van der Waals surface area (Å²) in [5.74, 6) is 1.25. The smallest absolute Gasteiger partial charge is 0.161 e. The maximum Gasteiger partial charge on any atom is 0.161 e. The maximum atomic E-state index is 11.0. The molecule has 0 atom stereocenters. The van der Waals surface area contributed by atoms with Crippen molar-refractivity contribution in [3.63, 3.8) is 0 Å². The first kappa shape index (κ1) is 13.1. The summed E-state index contributed by atoms with van der Waals surface area (Å²) >= 11 is 0. The Morgan fingerprint density at radius 2 is 1.82 bits per heavy atom. The summed E-state index contributed by atoms with van der Waals surface area (Å²) in [5, 5.41) is 0. The molecule has 0 bridgehead atoms. The number of carbonyl (C=O) groups is 1. The summed E-state index contributed by atoms with van der Waals surface area (Å²) in [6.45, 7) is 0. The molecular weight excluding hydrogens is 218 g/mol. The highest BCUT2D eigenvalue weighted by atomic mass is 16.5. The largest absolute Gasteiger partial charge is 0.493 e. The molecule has 0 saturated carbocycles. The Labute approximate surface area is 101 Å². The minimum Gasteiger partial charge on any atom is -0.493 e. The second-order valence-corrected chi connectivity index (χ2v) is 3.74. The van der Waals surface area contributed by atoms with E-state index in [1.807, 2.05) is 25.1 Å². The van der Waals surface area contributed by atoms with E-state index in [1.54, 1.807) is 32.6 Å². The van der Waals surface area contributed by atoms with Crippen LogP contribution in [-0.2, 0) is 4.79 Å². The number of hydrogen-bond acceptors (Lipinski definition) is 4. The van der Waals surface area contributed by atoms with Gasteiger partial charge in [-0.1, -0.05) is 6.07 Å². The molecule has 17 heavy (non-hydrogen) atoms. The first-order valence-corrected chi connectivity index (χ1v) is 5.18. The third kappa shape index (κ3) is 3.24. The van der Waals surface area contributed by atoms with Gasteiger partial charge in [0.2, 0.25) is 0 Å². The van der Waals surface area contributed by atoms with Gasteiger partial charge in [0, 0.05) is 25.9 Å². The normalized spacial score (nSPS) is 10.9. The number of methoxy groups -OCH3 is 2. The van der Waals surface area contributed by atoms with Gasteiger partial charge < -0.3 is 14.4 Å². The molecule has 4 heteroatoms. The standard InChI is InChI=1S/C13H17NO3/c1-14(2)8-11(9-15)10-5-6-12(16-3)13(7-10)17-4/h5-9H,1-4H3/b11-8-. The van der Waals surface area contributed by atoms with Crippen LogP contribution in [0.1, 0.15) is 5.56 Å². The van der Waals surface area contributed by atoms with Crippen LogP contribution >= 0.6 is 0 Å². The van der Waals surface area contributed by atoms with Gasteiger partial charge in [-0.05, 0) is 17.7 Å². The number of rotatable bonds is 5. The molecule has 92 valence electrons. The van der Waals surface area contributed by atoms with E-state index in [9.17, 15) is 4.79 Å². The fraction of sp³-hybridized carbons (Fsp3) is 0.308. The van der Waals surface area contributed by atoms with Crippen LogP contribution in [0, 0.1) is 0 Å². The van der Waals surface area contributed by atoms with Crippen LogP contribution < -0.4 is 9.47 Å². The van der Waals surface area contributed by atoms with Crippen LogP contribution in [0.15, 0.2) is 24.4 Å². The SMILES string of the molecule is COc1ccc(/C(C=O)=C\N(C)C)cc1OC. The molecule has 1 rings (SSSR count). The van der Waals surface area contributed by atoms with Crippen molar-refractivity contribution in [1.29, 1.82) is 0 Å². The lowest BCUT2D eigenvalue weighted by molar-refractivity contribution is -0.103. The monoisotopic (exact) mass is 235 g/mol. The highest BCUT2D eigenvalue weighted by Crippen LogP contribution is 2.29. The molecule has 0 aliphatic rings. The third-order valence-electron chi connectivity index (χ3n) is 2.24. The van der Waals surface area contributed by atoms with E-state index < -0.39 is 0 Å². The first-order valence-electron chi connectivity index (χ1n) is 5.18. The van der Waals surface area contributed by atoms with Crippen molar-refractivity contribution in [1.82, 2.24) is 4.90 Å². The van der Waals surface area contributed by atoms with E-state index in [4.69, 9.17) is 9.47 Å². The van der Waals surface area contributed by atoms with Crippen LogP contribution in [0.3, 0.4) is 0 Å². The lowest BCUT2D eigenvalue weighted by Gasteiger charge is -2.11. The Morgan fingerprint density at radius 1 is 1.18 bits per heavy atom. The van der Waals surface area contributed by atoms with E-state index in [0.717, 1.165) is 11.8 Å². The van der Waals surface area contributed by atoms with Gasteiger partial charge in [0.1, 0.15) is 0 Å². The molecule has 0 N–H and O–H groups in total. The van der Waals surface area contributed by atoms with Gasteiger partial charge in [-0.15, -0.1) is 0 Å². The van der Waals surface area contributed by atoms with Crippen molar-refractivity contribution < 1.29 is 14.3 Å². The van der Waals surface area contributed by atoms with Crippen molar-refractivity contribution in [2.75, 3.05) is 28.3 Å². The zero-order valence-corrected chi connectivity index (χ0v) is 10.6. The summed E-state index contributed by atoms with van der Waals surface area (Å²) in [4.78, 5) is 12.8. The molecule has 0 saturated heterocycles. The Morgan fingerprint density at radius 3 is 2.29 bits per heavy atom. The van der Waals surface area contributed by atoms with Gasteiger partial charge in [0.05, 0.1) is 14.2 Å². The lowest BCUT2D eigenvalue weighted by Crippen LogP contribution is -2.03. The van der Waals surface area contributed by atoms with Crippen molar-refractivity contribution in [3.05, 3.63) is 30.0 Å². The number of allylic oxidation sites excluding steroid dienone is 1. The predicted octanol–water partition coefficient (Wildman–Crippen LogP) is 1.81. The van der Waals surface area contributed by atoms with E-state index >= 15 is 0 Å². The molecule has 0 spiro atoms. The minimum atomic E-state index is 0.593. The summed E-state index contributed by atoms with van der Waals surface area (Å²) in [6, 6.07) is 5.38. The fourth-order valence-corrected chi connectivity index (χ4v) is 1.47. The van der Waals surface area contributed by atoms with Crippen molar-refractivity contribution in [2.24, 2.45) is 0 Å². The molecule has 0 aliphatic heterocycles. The Bertz CT molecular complexity index is 425. The topological polar surface area (TPSA) is 38.8 Å². The molecule has 0 unspecified atom stereocenters. The van der Waals surface area contributed by atoms with E-state index in [-0.39, 0.29) is 0 Å². The summed E-state index contributed by atoms with van der Waals surface area (Å²) in [6.07, 6.45) is 2.58. The molecular formula is C13H17NO3. The van der Waals surface area contributed by atoms with Crippen LogP contribution in [-0.4, -0.2) is 39.5 Å². The molecule has 0 amide bonds. The molecule has 4 nitrogen and oxygen atoms in total. The van der Waals surface area contributed by atoms with E-state index in [1.165, 1.54) is 0 Å².